The second kappa shape index (κ2) is 5.06. The predicted octanol–water partition coefficient (Wildman–Crippen LogP) is 1.89. The molecule has 0 aromatic heterocycles. The van der Waals surface area contributed by atoms with Crippen molar-refractivity contribution in [2.24, 2.45) is 23.7 Å². The SMILES string of the molecule is O=C(O)c1ccc(NC(=O)[C@@H]2[C@H]3C[C@H]4[C@H](OC(=O)[C@@H]42)[C@@H]3Br)cc1. The molecule has 1 aromatic rings. The number of carboxylic acids is 1. The van der Waals surface area contributed by atoms with Crippen LogP contribution in [0.3, 0.4) is 0 Å². The van der Waals surface area contributed by atoms with E-state index < -0.39 is 11.9 Å². The van der Waals surface area contributed by atoms with E-state index >= 15 is 0 Å². The maximum atomic E-state index is 12.6. The van der Waals surface area contributed by atoms with Gasteiger partial charge in [-0.2, -0.15) is 0 Å². The topological polar surface area (TPSA) is 92.7 Å². The number of halogens is 1. The lowest BCUT2D eigenvalue weighted by Gasteiger charge is -2.27. The molecule has 1 amide bonds. The largest absolute Gasteiger partial charge is 0.478 e. The van der Waals surface area contributed by atoms with E-state index in [1.54, 1.807) is 12.1 Å². The maximum absolute atomic E-state index is 12.6. The van der Waals surface area contributed by atoms with Crippen molar-refractivity contribution < 1.29 is 24.2 Å². The summed E-state index contributed by atoms with van der Waals surface area (Å²) in [7, 11) is 0. The van der Waals surface area contributed by atoms with Gasteiger partial charge >= 0.3 is 11.9 Å². The van der Waals surface area contributed by atoms with E-state index in [-0.39, 0.29) is 46.1 Å². The van der Waals surface area contributed by atoms with Crippen molar-refractivity contribution in [3.05, 3.63) is 29.8 Å². The van der Waals surface area contributed by atoms with Gasteiger partial charge in [-0.25, -0.2) is 4.79 Å². The van der Waals surface area contributed by atoms with Gasteiger partial charge in [0.25, 0.3) is 0 Å². The number of carboxylic acid groups (broad SMARTS) is 1. The molecule has 1 aliphatic heterocycles. The molecule has 120 valence electrons. The fourth-order valence-corrected chi connectivity index (χ4v) is 5.30. The van der Waals surface area contributed by atoms with E-state index in [9.17, 15) is 14.4 Å². The molecule has 23 heavy (non-hydrogen) atoms. The Kier molecular flexibility index (Phi) is 3.23. The van der Waals surface area contributed by atoms with E-state index in [1.165, 1.54) is 12.1 Å². The first-order valence-corrected chi connectivity index (χ1v) is 8.37. The van der Waals surface area contributed by atoms with Crippen molar-refractivity contribution in [2.75, 3.05) is 5.32 Å². The van der Waals surface area contributed by atoms with Crippen molar-refractivity contribution in [3.8, 4) is 0 Å². The number of nitrogens with one attached hydrogen (secondary N) is 1. The summed E-state index contributed by atoms with van der Waals surface area (Å²) in [5, 5.41) is 11.7. The summed E-state index contributed by atoms with van der Waals surface area (Å²) in [6.45, 7) is 0. The van der Waals surface area contributed by atoms with E-state index in [0.717, 1.165) is 6.42 Å². The van der Waals surface area contributed by atoms with Gasteiger partial charge in [0.15, 0.2) is 0 Å². The van der Waals surface area contributed by atoms with Crippen LogP contribution in [0.2, 0.25) is 0 Å². The number of esters is 1. The van der Waals surface area contributed by atoms with Crippen LogP contribution in [-0.2, 0) is 14.3 Å². The second-order valence-corrected chi connectivity index (χ2v) is 7.39. The number of carbonyl (C=O) groups excluding carboxylic acids is 2. The molecule has 2 bridgehead atoms. The molecule has 0 unspecified atom stereocenters. The van der Waals surface area contributed by atoms with Crippen molar-refractivity contribution >= 4 is 39.5 Å². The Hall–Kier alpha value is -1.89. The van der Waals surface area contributed by atoms with Gasteiger partial charge in [0.1, 0.15) is 6.10 Å². The van der Waals surface area contributed by atoms with Crippen LogP contribution in [0.25, 0.3) is 0 Å². The predicted molar refractivity (Wildman–Crippen MR) is 83.2 cm³/mol. The minimum atomic E-state index is -1.02. The number of alkyl halides is 1. The van der Waals surface area contributed by atoms with Crippen LogP contribution in [0.15, 0.2) is 24.3 Å². The molecule has 6 nitrogen and oxygen atoms in total. The maximum Gasteiger partial charge on any atom is 0.335 e. The highest BCUT2D eigenvalue weighted by Gasteiger charge is 2.67. The molecule has 3 fully saturated rings. The van der Waals surface area contributed by atoms with Gasteiger partial charge in [-0.1, -0.05) is 15.9 Å². The second-order valence-electron chi connectivity index (χ2n) is 6.33. The molecule has 1 heterocycles. The van der Waals surface area contributed by atoms with Crippen LogP contribution in [-0.4, -0.2) is 33.9 Å². The van der Waals surface area contributed by atoms with E-state index in [2.05, 4.69) is 21.2 Å². The van der Waals surface area contributed by atoms with Gasteiger partial charge in [0, 0.05) is 11.6 Å². The molecule has 2 aliphatic carbocycles. The monoisotopic (exact) mass is 379 g/mol. The normalized spacial score (nSPS) is 36.8. The summed E-state index contributed by atoms with van der Waals surface area (Å²) in [6, 6.07) is 5.98. The highest BCUT2D eigenvalue weighted by Crippen LogP contribution is 2.60. The van der Waals surface area contributed by atoms with Crippen LogP contribution in [0.5, 0.6) is 0 Å². The zero-order valence-corrected chi connectivity index (χ0v) is 13.5. The van der Waals surface area contributed by atoms with Gasteiger partial charge in [-0.3, -0.25) is 9.59 Å². The smallest absolute Gasteiger partial charge is 0.335 e. The highest BCUT2D eigenvalue weighted by atomic mass is 79.9. The van der Waals surface area contributed by atoms with Gasteiger partial charge < -0.3 is 15.2 Å². The van der Waals surface area contributed by atoms with Crippen molar-refractivity contribution in [1.29, 1.82) is 0 Å². The summed E-state index contributed by atoms with van der Waals surface area (Å²) in [4.78, 5) is 35.6. The Morgan fingerprint density at radius 1 is 1.22 bits per heavy atom. The molecule has 2 N–H and O–H groups in total. The molecule has 1 aromatic carbocycles. The fraction of sp³-hybridized carbons (Fsp3) is 0.438. The van der Waals surface area contributed by atoms with Crippen LogP contribution in [0.4, 0.5) is 5.69 Å². The summed E-state index contributed by atoms with van der Waals surface area (Å²) in [5.74, 6) is -2.01. The highest BCUT2D eigenvalue weighted by molar-refractivity contribution is 9.09. The number of amides is 1. The Morgan fingerprint density at radius 2 is 1.91 bits per heavy atom. The standard InChI is InChI=1S/C16H14BrNO5/c17-12-8-5-9-11(16(22)23-13(9)12)10(8)14(19)18-7-3-1-6(2-4-7)15(20)21/h1-4,8-13H,5H2,(H,18,19)(H,20,21)/t8-,9-,10-,11+,12-,13+/m1/s1. The first-order valence-electron chi connectivity index (χ1n) is 7.46. The van der Waals surface area contributed by atoms with E-state index in [0.29, 0.717) is 5.69 Å². The number of ether oxygens (including phenoxy) is 1. The first-order chi connectivity index (χ1) is 11.0. The van der Waals surface area contributed by atoms with Crippen LogP contribution < -0.4 is 5.32 Å². The molecule has 3 aliphatic rings. The Labute approximate surface area is 140 Å². The average molecular weight is 380 g/mol. The average Bonchev–Trinajstić information content (AvgIpc) is 3.12. The number of rotatable bonds is 3. The molecule has 6 atom stereocenters. The lowest BCUT2D eigenvalue weighted by molar-refractivity contribution is -0.145. The summed E-state index contributed by atoms with van der Waals surface area (Å²) >= 11 is 3.57. The van der Waals surface area contributed by atoms with Gasteiger partial charge in [0.2, 0.25) is 5.91 Å². The van der Waals surface area contributed by atoms with Crippen molar-refractivity contribution in [2.45, 2.75) is 17.4 Å². The zero-order chi connectivity index (χ0) is 16.3. The molecule has 2 saturated carbocycles. The third-order valence-corrected chi connectivity index (χ3v) is 6.43. The van der Waals surface area contributed by atoms with Gasteiger partial charge in [-0.15, -0.1) is 0 Å². The molecule has 0 spiro atoms. The summed E-state index contributed by atoms with van der Waals surface area (Å²) < 4.78 is 5.39. The van der Waals surface area contributed by atoms with Crippen LogP contribution >= 0.6 is 15.9 Å². The Bertz CT molecular complexity index is 703. The lowest BCUT2D eigenvalue weighted by Crippen LogP contribution is -2.40. The minimum absolute atomic E-state index is 0.0281. The Morgan fingerprint density at radius 3 is 2.57 bits per heavy atom. The molecular weight excluding hydrogens is 366 g/mol. The number of hydrogen-bond donors (Lipinski definition) is 2. The number of hydrogen-bond acceptors (Lipinski definition) is 4. The van der Waals surface area contributed by atoms with Crippen LogP contribution in [0.1, 0.15) is 16.8 Å². The number of benzene rings is 1. The molecule has 4 rings (SSSR count). The van der Waals surface area contributed by atoms with Crippen molar-refractivity contribution in [3.63, 3.8) is 0 Å². The Balaban J connectivity index is 1.53. The number of anilines is 1. The molecular formula is C16H14BrNO5. The lowest BCUT2D eigenvalue weighted by atomic mass is 9.79. The van der Waals surface area contributed by atoms with Crippen molar-refractivity contribution in [1.82, 2.24) is 0 Å². The molecule has 7 heteroatoms. The third kappa shape index (κ3) is 2.09. The fourth-order valence-electron chi connectivity index (χ4n) is 4.25. The number of aromatic carboxylic acids is 1. The zero-order valence-electron chi connectivity index (χ0n) is 11.9. The third-order valence-electron chi connectivity index (χ3n) is 5.23. The number of carbonyl (C=O) groups is 3. The van der Waals surface area contributed by atoms with E-state index in [4.69, 9.17) is 9.84 Å². The summed E-state index contributed by atoms with van der Waals surface area (Å²) in [5.41, 5.74) is 0.683. The van der Waals surface area contributed by atoms with Gasteiger partial charge in [0.05, 0.1) is 22.2 Å². The van der Waals surface area contributed by atoms with Gasteiger partial charge in [-0.05, 0) is 36.6 Å². The molecule has 0 radical (unpaired) electrons. The van der Waals surface area contributed by atoms with Crippen LogP contribution in [0, 0.1) is 23.7 Å². The summed E-state index contributed by atoms with van der Waals surface area (Å²) in [6.07, 6.45) is 0.726. The first kappa shape index (κ1) is 14.7. The van der Waals surface area contributed by atoms with E-state index in [1.807, 2.05) is 0 Å². The number of fused-ring (bicyclic) bond motifs is 1. The molecule has 1 saturated heterocycles. The minimum Gasteiger partial charge on any atom is -0.478 e. The quantitative estimate of drug-likeness (QED) is 0.617.